The zero-order valence-corrected chi connectivity index (χ0v) is 17.5. The highest BCUT2D eigenvalue weighted by Gasteiger charge is 2.20. The van der Waals surface area contributed by atoms with Gasteiger partial charge in [-0.25, -0.2) is 9.67 Å². The number of nitrogens with two attached hydrogens (primary N) is 1. The number of nitrogens with zero attached hydrogens (tertiary/aromatic N) is 5. The number of carbonyl (C=O) groups excluding carboxylic acids is 1. The number of rotatable bonds is 8. The molecular formula is C19H26ClN7O2. The summed E-state index contributed by atoms with van der Waals surface area (Å²) in [6.45, 7) is 6.26. The molecule has 0 saturated carbocycles. The summed E-state index contributed by atoms with van der Waals surface area (Å²) in [5.74, 6) is 2.24. The quantitative estimate of drug-likeness (QED) is 0.572. The Morgan fingerprint density at radius 3 is 2.66 bits per heavy atom. The summed E-state index contributed by atoms with van der Waals surface area (Å²) in [5.41, 5.74) is 7.03. The van der Waals surface area contributed by atoms with Gasteiger partial charge in [-0.05, 0) is 25.0 Å². The Labute approximate surface area is 175 Å². The Kier molecular flexibility index (Phi) is 7.86. The molecule has 0 aliphatic rings. The number of hydrogen-bond acceptors (Lipinski definition) is 7. The van der Waals surface area contributed by atoms with Crippen molar-refractivity contribution in [2.45, 2.75) is 39.8 Å². The summed E-state index contributed by atoms with van der Waals surface area (Å²) in [7, 11) is 0. The van der Waals surface area contributed by atoms with E-state index in [1.54, 1.807) is 11.6 Å². The Hall–Kier alpha value is -2.78. The minimum atomic E-state index is -0.273. The minimum Gasteiger partial charge on any atom is -0.354 e. The smallest absolute Gasteiger partial charge is 0.257 e. The van der Waals surface area contributed by atoms with Crippen LogP contribution in [0.3, 0.4) is 0 Å². The zero-order valence-electron chi connectivity index (χ0n) is 16.7. The molecule has 1 amide bonds. The lowest BCUT2D eigenvalue weighted by molar-refractivity contribution is -0.121. The van der Waals surface area contributed by atoms with E-state index in [4.69, 9.17) is 10.3 Å². The van der Waals surface area contributed by atoms with Crippen molar-refractivity contribution in [2.75, 3.05) is 6.54 Å². The molecule has 0 bridgehead atoms. The summed E-state index contributed by atoms with van der Waals surface area (Å²) in [6, 6.07) is 9.27. The molecule has 9 nitrogen and oxygen atoms in total. The van der Waals surface area contributed by atoms with E-state index in [-0.39, 0.29) is 36.8 Å². The number of halogens is 1. The molecule has 2 heterocycles. The first-order valence-corrected chi connectivity index (χ1v) is 9.25. The highest BCUT2D eigenvalue weighted by Crippen LogP contribution is 2.17. The van der Waals surface area contributed by atoms with Crippen molar-refractivity contribution in [2.24, 2.45) is 11.7 Å². The molecule has 2 aromatic heterocycles. The van der Waals surface area contributed by atoms with Gasteiger partial charge in [0.1, 0.15) is 18.2 Å². The van der Waals surface area contributed by atoms with Crippen LogP contribution in [0, 0.1) is 12.8 Å². The first-order chi connectivity index (χ1) is 13.4. The maximum absolute atomic E-state index is 12.3. The van der Waals surface area contributed by atoms with E-state index >= 15 is 0 Å². The van der Waals surface area contributed by atoms with Crippen LogP contribution in [0.25, 0.3) is 11.5 Å². The summed E-state index contributed by atoms with van der Waals surface area (Å²) < 4.78 is 6.83. The van der Waals surface area contributed by atoms with Crippen molar-refractivity contribution >= 4 is 18.3 Å². The molecule has 156 valence electrons. The van der Waals surface area contributed by atoms with Crippen molar-refractivity contribution in [1.29, 1.82) is 0 Å². The molecule has 29 heavy (non-hydrogen) atoms. The van der Waals surface area contributed by atoms with E-state index in [1.807, 2.05) is 44.2 Å². The Balaban J connectivity index is 0.00000300. The average molecular weight is 420 g/mol. The monoisotopic (exact) mass is 419 g/mol. The van der Waals surface area contributed by atoms with Crippen LogP contribution in [0.2, 0.25) is 0 Å². The summed E-state index contributed by atoms with van der Waals surface area (Å²) >= 11 is 0. The molecule has 0 saturated heterocycles. The van der Waals surface area contributed by atoms with Gasteiger partial charge in [0.15, 0.2) is 5.82 Å². The van der Waals surface area contributed by atoms with E-state index in [2.05, 4.69) is 25.5 Å². The van der Waals surface area contributed by atoms with Crippen LogP contribution < -0.4 is 11.1 Å². The largest absolute Gasteiger partial charge is 0.354 e. The van der Waals surface area contributed by atoms with Gasteiger partial charge in [-0.15, -0.1) is 12.4 Å². The SMILES string of the molecule is Cc1nc([C@@H](N)C(C)C)n(CC(=O)NCCc2noc(-c3ccccc3)n2)n1.Cl. The normalized spacial score (nSPS) is 11.9. The van der Waals surface area contributed by atoms with E-state index in [0.717, 1.165) is 5.56 Å². The fraction of sp³-hybridized carbons (Fsp3) is 0.421. The van der Waals surface area contributed by atoms with Crippen LogP contribution in [0.1, 0.15) is 37.4 Å². The van der Waals surface area contributed by atoms with E-state index in [9.17, 15) is 4.79 Å². The number of nitrogens with one attached hydrogen (secondary N) is 1. The molecule has 3 aromatic rings. The van der Waals surface area contributed by atoms with Gasteiger partial charge < -0.3 is 15.6 Å². The van der Waals surface area contributed by atoms with E-state index < -0.39 is 0 Å². The van der Waals surface area contributed by atoms with E-state index in [1.165, 1.54) is 0 Å². The third kappa shape index (κ3) is 5.85. The van der Waals surface area contributed by atoms with Crippen molar-refractivity contribution < 1.29 is 9.32 Å². The van der Waals surface area contributed by atoms with Crippen molar-refractivity contribution in [1.82, 2.24) is 30.2 Å². The second-order valence-electron chi connectivity index (χ2n) is 6.93. The van der Waals surface area contributed by atoms with Gasteiger partial charge in [0.2, 0.25) is 5.91 Å². The highest BCUT2D eigenvalue weighted by molar-refractivity contribution is 5.85. The topological polar surface area (TPSA) is 125 Å². The lowest BCUT2D eigenvalue weighted by atomic mass is 10.1. The minimum absolute atomic E-state index is 0. The van der Waals surface area contributed by atoms with Crippen molar-refractivity contribution in [3.8, 4) is 11.5 Å². The van der Waals surface area contributed by atoms with Gasteiger partial charge in [-0.1, -0.05) is 37.2 Å². The van der Waals surface area contributed by atoms with Gasteiger partial charge in [-0.3, -0.25) is 4.79 Å². The Morgan fingerprint density at radius 2 is 1.97 bits per heavy atom. The first-order valence-electron chi connectivity index (χ1n) is 9.25. The van der Waals surface area contributed by atoms with Gasteiger partial charge in [-0.2, -0.15) is 10.1 Å². The molecule has 3 N–H and O–H groups in total. The third-order valence-electron chi connectivity index (χ3n) is 4.28. The second kappa shape index (κ2) is 10.1. The lowest BCUT2D eigenvalue weighted by Gasteiger charge is -2.15. The van der Waals surface area contributed by atoms with Crippen LogP contribution in [0.4, 0.5) is 0 Å². The predicted octanol–water partition coefficient (Wildman–Crippen LogP) is 2.07. The molecule has 10 heteroatoms. The number of hydrogen-bond donors (Lipinski definition) is 2. The highest BCUT2D eigenvalue weighted by atomic mass is 35.5. The van der Waals surface area contributed by atoms with Crippen LogP contribution in [0.5, 0.6) is 0 Å². The Bertz CT molecular complexity index is 924. The molecule has 3 rings (SSSR count). The molecule has 0 fully saturated rings. The van der Waals surface area contributed by atoms with Gasteiger partial charge in [0.05, 0.1) is 6.04 Å². The molecule has 1 atom stereocenters. The zero-order chi connectivity index (χ0) is 20.1. The fourth-order valence-corrected chi connectivity index (χ4v) is 2.69. The molecule has 0 radical (unpaired) electrons. The number of amides is 1. The van der Waals surface area contributed by atoms with Gasteiger partial charge >= 0.3 is 0 Å². The maximum atomic E-state index is 12.3. The maximum Gasteiger partial charge on any atom is 0.257 e. The number of benzene rings is 1. The average Bonchev–Trinajstić information content (AvgIpc) is 3.28. The number of aromatic nitrogens is 5. The second-order valence-corrected chi connectivity index (χ2v) is 6.93. The van der Waals surface area contributed by atoms with Crippen molar-refractivity contribution in [3.63, 3.8) is 0 Å². The van der Waals surface area contributed by atoms with Crippen LogP contribution in [0.15, 0.2) is 34.9 Å². The van der Waals surface area contributed by atoms with E-state index in [0.29, 0.717) is 36.3 Å². The molecule has 0 spiro atoms. The van der Waals surface area contributed by atoms with Crippen LogP contribution in [-0.4, -0.2) is 37.4 Å². The molecule has 1 aromatic carbocycles. The molecule has 0 aliphatic heterocycles. The molecule has 0 aliphatic carbocycles. The third-order valence-corrected chi connectivity index (χ3v) is 4.28. The Morgan fingerprint density at radius 1 is 1.24 bits per heavy atom. The number of aryl methyl sites for hydroxylation is 1. The van der Waals surface area contributed by atoms with Crippen LogP contribution >= 0.6 is 12.4 Å². The first kappa shape index (κ1) is 22.5. The number of carbonyl (C=O) groups is 1. The summed E-state index contributed by atoms with van der Waals surface area (Å²) in [5, 5.41) is 11.1. The van der Waals surface area contributed by atoms with Gasteiger partial charge in [0.25, 0.3) is 5.89 Å². The molecule has 0 unspecified atom stereocenters. The lowest BCUT2D eigenvalue weighted by Crippen LogP contribution is -2.32. The molecular weight excluding hydrogens is 394 g/mol. The summed E-state index contributed by atoms with van der Waals surface area (Å²) in [4.78, 5) is 21.0. The summed E-state index contributed by atoms with van der Waals surface area (Å²) in [6.07, 6.45) is 0.469. The van der Waals surface area contributed by atoms with Crippen LogP contribution in [-0.2, 0) is 17.8 Å². The standard InChI is InChI=1S/C19H25N7O2.ClH/c1-12(2)17(20)18-22-13(3)24-26(18)11-16(27)21-10-9-15-23-19(28-25-15)14-7-5-4-6-8-14;/h4-8,12,17H,9-11,20H2,1-3H3,(H,21,27);1H/t17-;/m0./s1. The fourth-order valence-electron chi connectivity index (χ4n) is 2.69. The predicted molar refractivity (Wildman–Crippen MR) is 110 cm³/mol. The van der Waals surface area contributed by atoms with Gasteiger partial charge in [0, 0.05) is 18.5 Å². The van der Waals surface area contributed by atoms with Crippen molar-refractivity contribution in [3.05, 3.63) is 47.8 Å².